The van der Waals surface area contributed by atoms with Crippen molar-refractivity contribution >= 4 is 15.9 Å². The van der Waals surface area contributed by atoms with Gasteiger partial charge < -0.3 is 9.73 Å². The fourth-order valence-electron chi connectivity index (χ4n) is 1.19. The van der Waals surface area contributed by atoms with Crippen LogP contribution in [0, 0.1) is 12.3 Å². The van der Waals surface area contributed by atoms with Gasteiger partial charge in [-0.3, -0.25) is 0 Å². The van der Waals surface area contributed by atoms with Crippen molar-refractivity contribution < 1.29 is 4.42 Å². The van der Waals surface area contributed by atoms with Gasteiger partial charge in [-0.1, -0.05) is 6.92 Å². The number of terminal acetylenes is 1. The minimum atomic E-state index is 0.379. The van der Waals surface area contributed by atoms with Gasteiger partial charge in [-0.15, -0.1) is 12.3 Å². The largest absolute Gasteiger partial charge is 0.453 e. The molecule has 1 N–H and O–H groups in total. The van der Waals surface area contributed by atoms with Crippen molar-refractivity contribution in [2.75, 3.05) is 0 Å². The summed E-state index contributed by atoms with van der Waals surface area (Å²) in [7, 11) is 0. The maximum absolute atomic E-state index is 5.36. The first kappa shape index (κ1) is 11.4. The summed E-state index contributed by atoms with van der Waals surface area (Å²) in [5, 5.41) is 3.34. The average Bonchev–Trinajstić information content (AvgIpc) is 2.59. The Kier molecular flexibility index (Phi) is 4.78. The molecule has 0 aliphatic rings. The minimum Gasteiger partial charge on any atom is -0.453 e. The van der Waals surface area contributed by atoms with Crippen LogP contribution >= 0.6 is 15.9 Å². The molecule has 1 heterocycles. The summed E-state index contributed by atoms with van der Waals surface area (Å²) in [5.41, 5.74) is 0. The quantitative estimate of drug-likeness (QED) is 0.819. The Hall–Kier alpha value is -0.720. The zero-order chi connectivity index (χ0) is 10.4. The van der Waals surface area contributed by atoms with E-state index in [2.05, 4.69) is 34.1 Å². The molecule has 1 aromatic heterocycles. The van der Waals surface area contributed by atoms with Crippen molar-refractivity contribution in [2.24, 2.45) is 0 Å². The van der Waals surface area contributed by atoms with Crippen LogP contribution in [0.2, 0.25) is 0 Å². The van der Waals surface area contributed by atoms with Gasteiger partial charge in [0.25, 0.3) is 0 Å². The summed E-state index contributed by atoms with van der Waals surface area (Å²) in [4.78, 5) is 0. The molecule has 0 aromatic carbocycles. The van der Waals surface area contributed by atoms with Crippen molar-refractivity contribution in [1.82, 2.24) is 5.32 Å². The molecular formula is C11H14BrNO. The predicted octanol–water partition coefficient (Wildman–Crippen LogP) is 2.93. The molecule has 3 heteroatoms. The predicted molar refractivity (Wildman–Crippen MR) is 60.8 cm³/mol. The molecule has 76 valence electrons. The highest BCUT2D eigenvalue weighted by Gasteiger charge is 2.05. The highest BCUT2D eigenvalue weighted by atomic mass is 79.9. The third kappa shape index (κ3) is 3.57. The maximum atomic E-state index is 5.36. The van der Waals surface area contributed by atoms with Gasteiger partial charge in [0.15, 0.2) is 4.67 Å². The van der Waals surface area contributed by atoms with Crippen LogP contribution in [0.4, 0.5) is 0 Å². The average molecular weight is 256 g/mol. The molecule has 0 fully saturated rings. The summed E-state index contributed by atoms with van der Waals surface area (Å²) >= 11 is 3.26. The van der Waals surface area contributed by atoms with Crippen LogP contribution in [0.25, 0.3) is 0 Å². The smallest absolute Gasteiger partial charge is 0.169 e. The van der Waals surface area contributed by atoms with Crippen LogP contribution in [0.3, 0.4) is 0 Å². The third-order valence-electron chi connectivity index (χ3n) is 2.05. The van der Waals surface area contributed by atoms with Crippen molar-refractivity contribution in [3.8, 4) is 12.3 Å². The molecule has 0 saturated heterocycles. The molecule has 0 aliphatic carbocycles. The van der Waals surface area contributed by atoms with Crippen molar-refractivity contribution in [3.05, 3.63) is 22.6 Å². The van der Waals surface area contributed by atoms with E-state index in [-0.39, 0.29) is 0 Å². The zero-order valence-corrected chi connectivity index (χ0v) is 9.80. The first-order chi connectivity index (χ1) is 6.76. The second-order valence-corrected chi connectivity index (χ2v) is 3.88. The van der Waals surface area contributed by atoms with Gasteiger partial charge in [-0.05, 0) is 34.5 Å². The Balaban J connectivity index is 2.36. The molecule has 1 aromatic rings. The summed E-state index contributed by atoms with van der Waals surface area (Å²) in [6.07, 6.45) is 7.05. The van der Waals surface area contributed by atoms with Crippen LogP contribution in [0.15, 0.2) is 21.2 Å². The number of hydrogen-bond donors (Lipinski definition) is 1. The fourth-order valence-corrected chi connectivity index (χ4v) is 1.53. The molecule has 1 unspecified atom stereocenters. The Morgan fingerprint density at radius 1 is 1.64 bits per heavy atom. The molecule has 2 nitrogen and oxygen atoms in total. The molecule has 0 spiro atoms. The van der Waals surface area contributed by atoms with Gasteiger partial charge in [0.2, 0.25) is 0 Å². The van der Waals surface area contributed by atoms with Crippen LogP contribution < -0.4 is 5.32 Å². The molecule has 0 radical (unpaired) electrons. The Labute approximate surface area is 93.2 Å². The minimum absolute atomic E-state index is 0.379. The fraction of sp³-hybridized carbons (Fsp3) is 0.455. The first-order valence-corrected chi connectivity index (χ1v) is 5.46. The number of rotatable bonds is 5. The van der Waals surface area contributed by atoms with Crippen LogP contribution in [0.1, 0.15) is 25.5 Å². The molecule has 0 amide bonds. The van der Waals surface area contributed by atoms with Gasteiger partial charge in [-0.25, -0.2) is 0 Å². The summed E-state index contributed by atoms with van der Waals surface area (Å²) in [6.45, 7) is 2.85. The highest BCUT2D eigenvalue weighted by Crippen LogP contribution is 2.14. The zero-order valence-electron chi connectivity index (χ0n) is 8.22. The molecule has 0 saturated carbocycles. The van der Waals surface area contributed by atoms with Crippen molar-refractivity contribution in [3.63, 3.8) is 0 Å². The summed E-state index contributed by atoms with van der Waals surface area (Å²) < 4.78 is 6.12. The first-order valence-electron chi connectivity index (χ1n) is 4.67. The second kappa shape index (κ2) is 5.90. The van der Waals surface area contributed by atoms with Gasteiger partial charge in [0, 0.05) is 12.5 Å². The van der Waals surface area contributed by atoms with Crippen LogP contribution in [0.5, 0.6) is 0 Å². The molecule has 14 heavy (non-hydrogen) atoms. The number of halogens is 1. The Morgan fingerprint density at radius 2 is 2.43 bits per heavy atom. The van der Waals surface area contributed by atoms with E-state index in [0.717, 1.165) is 29.8 Å². The van der Waals surface area contributed by atoms with E-state index in [1.165, 1.54) is 0 Å². The normalized spacial score (nSPS) is 12.4. The monoisotopic (exact) mass is 255 g/mol. The number of furan rings is 1. The standard InChI is InChI=1S/C11H14BrNO/c1-3-5-9(4-2)13-8-10-6-7-11(12)14-10/h1,6-7,9,13H,4-5,8H2,2H3. The van der Waals surface area contributed by atoms with E-state index in [1.54, 1.807) is 0 Å². The summed E-state index contributed by atoms with van der Waals surface area (Å²) in [5.74, 6) is 3.58. The molecule has 1 atom stereocenters. The Bertz CT molecular complexity index is 313. The van der Waals surface area contributed by atoms with Gasteiger partial charge in [0.1, 0.15) is 5.76 Å². The van der Waals surface area contributed by atoms with E-state index in [9.17, 15) is 0 Å². The van der Waals surface area contributed by atoms with E-state index in [0.29, 0.717) is 6.04 Å². The van der Waals surface area contributed by atoms with Gasteiger partial charge in [0.05, 0.1) is 6.54 Å². The second-order valence-electron chi connectivity index (χ2n) is 3.10. The van der Waals surface area contributed by atoms with Crippen LogP contribution in [-0.4, -0.2) is 6.04 Å². The van der Waals surface area contributed by atoms with E-state index >= 15 is 0 Å². The number of nitrogens with one attached hydrogen (secondary N) is 1. The molecule has 0 bridgehead atoms. The third-order valence-corrected chi connectivity index (χ3v) is 2.48. The Morgan fingerprint density at radius 3 is 2.93 bits per heavy atom. The topological polar surface area (TPSA) is 25.2 Å². The molecular weight excluding hydrogens is 242 g/mol. The van der Waals surface area contributed by atoms with E-state index in [1.807, 2.05) is 12.1 Å². The van der Waals surface area contributed by atoms with Crippen molar-refractivity contribution in [1.29, 1.82) is 0 Å². The molecule has 0 aliphatic heterocycles. The van der Waals surface area contributed by atoms with Gasteiger partial charge in [-0.2, -0.15) is 0 Å². The highest BCUT2D eigenvalue weighted by molar-refractivity contribution is 9.10. The van der Waals surface area contributed by atoms with E-state index < -0.39 is 0 Å². The maximum Gasteiger partial charge on any atom is 0.169 e. The lowest BCUT2D eigenvalue weighted by atomic mass is 10.1. The number of hydrogen-bond acceptors (Lipinski definition) is 2. The van der Waals surface area contributed by atoms with Crippen LogP contribution in [-0.2, 0) is 6.54 Å². The van der Waals surface area contributed by atoms with Crippen molar-refractivity contribution in [2.45, 2.75) is 32.4 Å². The molecule has 1 rings (SSSR count). The lowest BCUT2D eigenvalue weighted by Crippen LogP contribution is -2.27. The van der Waals surface area contributed by atoms with Gasteiger partial charge >= 0.3 is 0 Å². The lowest BCUT2D eigenvalue weighted by molar-refractivity contribution is 0.429. The SMILES string of the molecule is C#CCC(CC)NCc1ccc(Br)o1. The summed E-state index contributed by atoms with van der Waals surface area (Å²) in [6, 6.07) is 4.21. The lowest BCUT2D eigenvalue weighted by Gasteiger charge is -2.12. The van der Waals surface area contributed by atoms with E-state index in [4.69, 9.17) is 10.8 Å².